The summed E-state index contributed by atoms with van der Waals surface area (Å²) in [6.45, 7) is 3.81. The molecule has 4 aromatic rings. The number of fused-ring (bicyclic) bond motifs is 2. The zero-order valence-electron chi connectivity index (χ0n) is 19.1. The fourth-order valence-electron chi connectivity index (χ4n) is 4.55. The summed E-state index contributed by atoms with van der Waals surface area (Å²) < 4.78 is 32.3. The van der Waals surface area contributed by atoms with Crippen LogP contribution in [0.4, 0.5) is 14.6 Å². The van der Waals surface area contributed by atoms with E-state index in [1.165, 1.54) is 29.4 Å². The van der Waals surface area contributed by atoms with Crippen molar-refractivity contribution in [3.63, 3.8) is 0 Å². The zero-order valence-corrected chi connectivity index (χ0v) is 19.1. The first-order valence-electron chi connectivity index (χ1n) is 10.9. The van der Waals surface area contributed by atoms with E-state index in [-0.39, 0.29) is 59.1 Å². The van der Waals surface area contributed by atoms with Gasteiger partial charge < -0.3 is 15.2 Å². The molecule has 180 valence electrons. The molecule has 0 radical (unpaired) electrons. The Hall–Kier alpha value is -4.84. The summed E-state index contributed by atoms with van der Waals surface area (Å²) in [5.74, 6) is 3.11. The average molecular weight is 487 g/mol. The molecule has 3 aromatic heterocycles. The van der Waals surface area contributed by atoms with Gasteiger partial charge in [-0.25, -0.2) is 28.4 Å². The number of nitrogens with two attached hydrogens (primary N) is 1. The van der Waals surface area contributed by atoms with Crippen LogP contribution in [0.1, 0.15) is 30.1 Å². The van der Waals surface area contributed by atoms with Crippen LogP contribution >= 0.6 is 0 Å². The number of benzene rings is 1. The number of nitriles is 1. The number of halogens is 2. The van der Waals surface area contributed by atoms with Crippen molar-refractivity contribution >= 4 is 33.8 Å². The Morgan fingerprint density at radius 3 is 2.86 bits per heavy atom. The van der Waals surface area contributed by atoms with Crippen LogP contribution in [0, 0.1) is 34.8 Å². The van der Waals surface area contributed by atoms with Crippen molar-refractivity contribution in [1.29, 1.82) is 5.26 Å². The number of aryl methyl sites for hydroxylation is 1. The van der Waals surface area contributed by atoms with Crippen molar-refractivity contribution in [3.05, 3.63) is 54.3 Å². The highest BCUT2D eigenvalue weighted by Gasteiger charge is 2.37. The van der Waals surface area contributed by atoms with Crippen molar-refractivity contribution in [2.45, 2.75) is 24.9 Å². The minimum absolute atomic E-state index is 0.0391. The number of aromatic nitrogens is 6. The van der Waals surface area contributed by atoms with E-state index in [2.05, 4.69) is 44.5 Å². The lowest BCUT2D eigenvalue weighted by Crippen LogP contribution is -2.34. The van der Waals surface area contributed by atoms with Gasteiger partial charge in [-0.05, 0) is 24.5 Å². The molecule has 1 saturated heterocycles. The molecule has 2 atom stereocenters. The summed E-state index contributed by atoms with van der Waals surface area (Å²) in [7, 11) is 1.57. The van der Waals surface area contributed by atoms with Gasteiger partial charge in [0.2, 0.25) is 5.91 Å². The number of nitrogen functional groups attached to an aromatic ring is 1. The quantitative estimate of drug-likeness (QED) is 0.346. The number of hydrogen-bond donors (Lipinski definition) is 1. The lowest BCUT2D eigenvalue weighted by molar-refractivity contribution is -0.126. The molecular weight excluding hydrogens is 468 g/mol. The molecule has 0 saturated carbocycles. The van der Waals surface area contributed by atoms with Crippen molar-refractivity contribution in [2.24, 2.45) is 7.05 Å². The van der Waals surface area contributed by atoms with Gasteiger partial charge in [0.1, 0.15) is 23.4 Å². The maximum Gasteiger partial charge on any atom is 0.246 e. The second-order valence-corrected chi connectivity index (χ2v) is 8.38. The van der Waals surface area contributed by atoms with E-state index in [0.29, 0.717) is 17.5 Å². The lowest BCUT2D eigenvalue weighted by Gasteiger charge is -2.20. The number of carbonyl (C=O) groups excluding carboxylic acids is 1. The molecule has 1 amide bonds. The Morgan fingerprint density at radius 2 is 2.11 bits per heavy atom. The molecule has 0 aliphatic carbocycles. The van der Waals surface area contributed by atoms with Gasteiger partial charge in [-0.15, -0.1) is 0 Å². The van der Waals surface area contributed by atoms with Crippen LogP contribution < -0.4 is 5.73 Å². The van der Waals surface area contributed by atoms with Gasteiger partial charge in [0.25, 0.3) is 0 Å². The second kappa shape index (κ2) is 8.74. The van der Waals surface area contributed by atoms with Gasteiger partial charge in [-0.1, -0.05) is 12.5 Å². The van der Waals surface area contributed by atoms with Gasteiger partial charge in [0, 0.05) is 19.6 Å². The number of amides is 1. The third-order valence-corrected chi connectivity index (χ3v) is 6.24. The third-order valence-electron chi connectivity index (χ3n) is 6.24. The largest absolute Gasteiger partial charge is 0.383 e. The molecular formula is C24H19F2N9O. The van der Waals surface area contributed by atoms with Gasteiger partial charge in [0.05, 0.1) is 41.3 Å². The molecule has 1 aliphatic rings. The van der Waals surface area contributed by atoms with Crippen LogP contribution in [-0.2, 0) is 11.8 Å². The van der Waals surface area contributed by atoms with Crippen molar-refractivity contribution in [2.75, 3.05) is 12.3 Å². The summed E-state index contributed by atoms with van der Waals surface area (Å²) in [5.41, 5.74) is 6.78. The summed E-state index contributed by atoms with van der Waals surface area (Å²) in [6.07, 6.45) is 4.48. The normalized spacial score (nSPS) is 17.2. The molecule has 36 heavy (non-hydrogen) atoms. The van der Waals surface area contributed by atoms with Crippen LogP contribution in [0.5, 0.6) is 0 Å². The zero-order chi connectivity index (χ0) is 25.6. The topological polar surface area (TPSA) is 132 Å². The van der Waals surface area contributed by atoms with E-state index in [0.717, 1.165) is 0 Å². The molecule has 0 unspecified atom stereocenters. The van der Waals surface area contributed by atoms with Gasteiger partial charge in [-0.2, -0.15) is 10.4 Å². The predicted molar refractivity (Wildman–Crippen MR) is 126 cm³/mol. The van der Waals surface area contributed by atoms with E-state index in [9.17, 15) is 18.8 Å². The second-order valence-electron chi connectivity index (χ2n) is 8.38. The first-order valence-corrected chi connectivity index (χ1v) is 10.9. The Morgan fingerprint density at radius 1 is 1.31 bits per heavy atom. The van der Waals surface area contributed by atoms with Crippen molar-refractivity contribution < 1.29 is 13.6 Å². The van der Waals surface area contributed by atoms with Crippen LogP contribution in [0.25, 0.3) is 22.1 Å². The Bertz CT molecular complexity index is 1650. The molecule has 0 bridgehead atoms. The molecule has 12 heteroatoms. The third kappa shape index (κ3) is 3.60. The highest BCUT2D eigenvalue weighted by molar-refractivity contribution is 5.91. The summed E-state index contributed by atoms with van der Waals surface area (Å²) in [5, 5.41) is 14.1. The molecule has 1 aliphatic heterocycles. The molecule has 1 fully saturated rings. The standard InChI is InChI=1S/C24H19F2N9O/c1-3-18(36)34-10-15(9-14(34)6-7-27)35-24-19(23(28)29-11-30-24)16(32-35)5-4-13-8-17-22(21(26)20(13)25)33(2)12-31-17/h3,8,11-12,14-15H,1,6,9-10H2,2H3,(H2,28,29,30)/t14-,15-/m0/s1. The fourth-order valence-corrected chi connectivity index (χ4v) is 4.55. The number of imidazole rings is 1. The van der Waals surface area contributed by atoms with E-state index in [1.807, 2.05) is 0 Å². The summed E-state index contributed by atoms with van der Waals surface area (Å²) in [6, 6.07) is 2.83. The Balaban J connectivity index is 1.60. The highest BCUT2D eigenvalue weighted by atomic mass is 19.2. The van der Waals surface area contributed by atoms with Crippen LogP contribution in [-0.4, -0.2) is 52.7 Å². The fraction of sp³-hybridized carbons (Fsp3) is 0.250. The Labute approximate surface area is 203 Å². The first-order chi connectivity index (χ1) is 17.3. The molecule has 10 nitrogen and oxygen atoms in total. The highest BCUT2D eigenvalue weighted by Crippen LogP contribution is 2.33. The van der Waals surface area contributed by atoms with E-state index < -0.39 is 11.6 Å². The minimum atomic E-state index is -1.10. The lowest BCUT2D eigenvalue weighted by atomic mass is 10.1. The smallest absolute Gasteiger partial charge is 0.246 e. The molecule has 5 rings (SSSR count). The van der Waals surface area contributed by atoms with Crippen LogP contribution in [0.2, 0.25) is 0 Å². The number of hydrogen-bond acceptors (Lipinski definition) is 7. The maximum atomic E-state index is 14.7. The summed E-state index contributed by atoms with van der Waals surface area (Å²) >= 11 is 0. The monoisotopic (exact) mass is 487 g/mol. The molecule has 0 spiro atoms. The van der Waals surface area contributed by atoms with Gasteiger partial charge in [-0.3, -0.25) is 4.79 Å². The maximum absolute atomic E-state index is 14.7. The van der Waals surface area contributed by atoms with Crippen molar-refractivity contribution in [3.8, 4) is 17.9 Å². The van der Waals surface area contributed by atoms with Crippen molar-refractivity contribution in [1.82, 2.24) is 34.2 Å². The molecule has 1 aromatic carbocycles. The number of rotatable bonds is 3. The van der Waals surface area contributed by atoms with E-state index >= 15 is 0 Å². The van der Waals surface area contributed by atoms with E-state index in [4.69, 9.17) is 5.73 Å². The number of carbonyl (C=O) groups is 1. The van der Waals surface area contributed by atoms with Crippen LogP contribution in [0.15, 0.2) is 31.4 Å². The minimum Gasteiger partial charge on any atom is -0.383 e. The predicted octanol–water partition coefficient (Wildman–Crippen LogP) is 2.21. The SMILES string of the molecule is C=CC(=O)N1C[C@@H](n2nc(C#Cc3cc4ncn(C)c4c(F)c3F)c3c(N)ncnc32)C[C@@H]1CC#N. The molecule has 4 heterocycles. The van der Waals surface area contributed by atoms with Crippen LogP contribution in [0.3, 0.4) is 0 Å². The number of likely N-dealkylation sites (tertiary alicyclic amines) is 1. The average Bonchev–Trinajstić information content (AvgIpc) is 3.56. The van der Waals surface area contributed by atoms with E-state index in [1.54, 1.807) is 16.6 Å². The van der Waals surface area contributed by atoms with Gasteiger partial charge >= 0.3 is 0 Å². The number of nitrogens with zero attached hydrogens (tertiary/aromatic N) is 8. The Kier molecular flexibility index (Phi) is 5.57. The van der Waals surface area contributed by atoms with Gasteiger partial charge in [0.15, 0.2) is 17.3 Å². The first kappa shape index (κ1) is 22.9. The molecule has 2 N–H and O–H groups in total. The summed E-state index contributed by atoms with van der Waals surface area (Å²) in [4.78, 5) is 26.3. The number of anilines is 1.